The molecule has 0 unspecified atom stereocenters. The summed E-state index contributed by atoms with van der Waals surface area (Å²) in [5, 5.41) is 1.09. The molecular formula is C18H13N3O2S2. The molecule has 0 aliphatic carbocycles. The van der Waals surface area contributed by atoms with E-state index in [1.54, 1.807) is 24.3 Å². The molecule has 1 saturated heterocycles. The van der Waals surface area contributed by atoms with Crippen molar-refractivity contribution in [3.8, 4) is 0 Å². The Labute approximate surface area is 154 Å². The van der Waals surface area contributed by atoms with Crippen molar-refractivity contribution in [1.29, 1.82) is 0 Å². The molecule has 3 rings (SSSR count). The second-order valence-electron chi connectivity index (χ2n) is 4.99. The van der Waals surface area contributed by atoms with Gasteiger partial charge in [-0.3, -0.25) is 20.0 Å². The Morgan fingerprint density at radius 1 is 1.16 bits per heavy atom. The van der Waals surface area contributed by atoms with Gasteiger partial charge in [-0.05, 0) is 36.0 Å². The van der Waals surface area contributed by atoms with Crippen LogP contribution in [0, 0.1) is 0 Å². The van der Waals surface area contributed by atoms with Crippen molar-refractivity contribution in [3.63, 3.8) is 0 Å². The Kier molecular flexibility index (Phi) is 5.37. The molecule has 1 aliphatic heterocycles. The van der Waals surface area contributed by atoms with Gasteiger partial charge in [0.1, 0.15) is 0 Å². The van der Waals surface area contributed by atoms with E-state index in [9.17, 15) is 9.59 Å². The monoisotopic (exact) mass is 367 g/mol. The fourth-order valence-electron chi connectivity index (χ4n) is 2.06. The Balaban J connectivity index is 1.69. The number of carbonyl (C=O) groups excluding carboxylic acids is 2. The van der Waals surface area contributed by atoms with Crippen LogP contribution in [0.5, 0.6) is 0 Å². The van der Waals surface area contributed by atoms with E-state index in [4.69, 9.17) is 12.2 Å². The molecule has 0 atom stereocenters. The number of pyridine rings is 1. The van der Waals surface area contributed by atoms with Crippen LogP contribution >= 0.6 is 24.0 Å². The first-order valence-electron chi connectivity index (χ1n) is 7.36. The number of nitrogens with one attached hydrogen (secondary N) is 1. The Morgan fingerprint density at radius 3 is 2.60 bits per heavy atom. The first-order chi connectivity index (χ1) is 12.1. The zero-order valence-corrected chi connectivity index (χ0v) is 14.6. The maximum Gasteiger partial charge on any atom is 0.285 e. The predicted molar refractivity (Wildman–Crippen MR) is 102 cm³/mol. The highest BCUT2D eigenvalue weighted by Crippen LogP contribution is 2.29. The second kappa shape index (κ2) is 7.87. The number of rotatable bonds is 4. The van der Waals surface area contributed by atoms with Crippen LogP contribution in [0.15, 0.2) is 71.9 Å². The largest absolute Gasteiger partial charge is 0.285 e. The van der Waals surface area contributed by atoms with Crippen molar-refractivity contribution in [3.05, 3.63) is 83.0 Å². The zero-order valence-electron chi connectivity index (χ0n) is 13.0. The molecule has 5 nitrogen and oxygen atoms in total. The van der Waals surface area contributed by atoms with Crippen LogP contribution in [0.1, 0.15) is 15.9 Å². The molecule has 124 valence electrons. The molecule has 0 spiro atoms. The fraction of sp³-hybridized carbons (Fsp3) is 0. The summed E-state index contributed by atoms with van der Waals surface area (Å²) in [6.45, 7) is 0. The van der Waals surface area contributed by atoms with E-state index in [-0.39, 0.29) is 10.2 Å². The van der Waals surface area contributed by atoms with E-state index in [1.807, 2.05) is 36.4 Å². The van der Waals surface area contributed by atoms with E-state index in [2.05, 4.69) is 10.4 Å². The highest BCUT2D eigenvalue weighted by Gasteiger charge is 2.33. The van der Waals surface area contributed by atoms with Gasteiger partial charge in [-0.25, -0.2) is 0 Å². The quantitative estimate of drug-likeness (QED) is 0.664. The first-order valence-corrected chi connectivity index (χ1v) is 8.58. The molecule has 0 saturated carbocycles. The van der Waals surface area contributed by atoms with Crippen molar-refractivity contribution in [2.24, 2.45) is 0 Å². The van der Waals surface area contributed by atoms with Crippen LogP contribution < -0.4 is 5.43 Å². The van der Waals surface area contributed by atoms with Gasteiger partial charge in [0, 0.05) is 18.0 Å². The van der Waals surface area contributed by atoms with E-state index < -0.39 is 5.91 Å². The molecule has 0 bridgehead atoms. The molecule has 1 aromatic carbocycles. The first kappa shape index (κ1) is 17.1. The van der Waals surface area contributed by atoms with Gasteiger partial charge in [-0.2, -0.15) is 5.01 Å². The lowest BCUT2D eigenvalue weighted by Gasteiger charge is -2.15. The predicted octanol–water partition coefficient (Wildman–Crippen LogP) is 3.18. The number of amides is 2. The molecule has 1 aromatic heterocycles. The second-order valence-corrected chi connectivity index (χ2v) is 6.66. The third-order valence-corrected chi connectivity index (χ3v) is 4.61. The number of allylic oxidation sites excluding steroid dienone is 2. The Morgan fingerprint density at radius 2 is 1.88 bits per heavy atom. The van der Waals surface area contributed by atoms with E-state index >= 15 is 0 Å². The highest BCUT2D eigenvalue weighted by atomic mass is 32.2. The number of carbonyl (C=O) groups is 2. The maximum atomic E-state index is 12.4. The number of hydrogen-bond acceptors (Lipinski definition) is 5. The molecule has 25 heavy (non-hydrogen) atoms. The minimum absolute atomic E-state index is 0.284. The van der Waals surface area contributed by atoms with Gasteiger partial charge in [0.2, 0.25) is 0 Å². The van der Waals surface area contributed by atoms with Crippen molar-refractivity contribution in [2.45, 2.75) is 0 Å². The average Bonchev–Trinajstić information content (AvgIpc) is 2.91. The van der Waals surface area contributed by atoms with Gasteiger partial charge in [-0.15, -0.1) is 0 Å². The van der Waals surface area contributed by atoms with E-state index in [0.29, 0.717) is 10.5 Å². The normalized spacial score (nSPS) is 16.0. The maximum absolute atomic E-state index is 12.4. The summed E-state index contributed by atoms with van der Waals surface area (Å²) in [5.41, 5.74) is 3.95. The molecular weight excluding hydrogens is 354 g/mol. The van der Waals surface area contributed by atoms with Gasteiger partial charge in [-0.1, -0.05) is 54.2 Å². The van der Waals surface area contributed by atoms with Gasteiger partial charge in [0.25, 0.3) is 11.8 Å². The number of hydrogen-bond donors (Lipinski definition) is 1. The fourth-order valence-corrected chi connectivity index (χ4v) is 3.19. The van der Waals surface area contributed by atoms with Crippen LogP contribution in [0.25, 0.3) is 6.08 Å². The Hall–Kier alpha value is -2.77. The molecule has 1 aliphatic rings. The van der Waals surface area contributed by atoms with Crippen molar-refractivity contribution in [2.75, 3.05) is 0 Å². The summed E-state index contributed by atoms with van der Waals surface area (Å²) < 4.78 is 0.284. The van der Waals surface area contributed by atoms with Crippen LogP contribution in [-0.2, 0) is 4.79 Å². The molecule has 2 amide bonds. The van der Waals surface area contributed by atoms with Crippen molar-refractivity contribution < 1.29 is 9.59 Å². The Bertz CT molecular complexity index is 864. The third-order valence-electron chi connectivity index (χ3n) is 3.29. The van der Waals surface area contributed by atoms with E-state index in [1.165, 1.54) is 12.4 Å². The van der Waals surface area contributed by atoms with Crippen LogP contribution in [0.4, 0.5) is 0 Å². The average molecular weight is 367 g/mol. The van der Waals surface area contributed by atoms with Crippen LogP contribution in [0.2, 0.25) is 0 Å². The SMILES string of the molecule is O=C(NN1C(=O)C(=CC=Cc2ccccc2)SC1=S)c1ccncc1. The standard InChI is InChI=1S/C18H13N3O2S2/c22-16(14-9-11-19-12-10-14)20-21-17(23)15(25-18(21)24)8-4-7-13-5-2-1-3-6-13/h1-12H,(H,20,22). The van der Waals surface area contributed by atoms with Gasteiger partial charge in [0.15, 0.2) is 4.32 Å². The third kappa shape index (κ3) is 4.20. The number of thioether (sulfide) groups is 1. The minimum Gasteiger partial charge on any atom is -0.267 e. The lowest BCUT2D eigenvalue weighted by Crippen LogP contribution is -2.44. The summed E-state index contributed by atoms with van der Waals surface area (Å²) in [5.74, 6) is -0.769. The molecule has 1 N–H and O–H groups in total. The number of hydrazine groups is 1. The number of aromatic nitrogens is 1. The summed E-state index contributed by atoms with van der Waals surface area (Å²) in [7, 11) is 0. The molecule has 0 radical (unpaired) electrons. The van der Waals surface area contributed by atoms with Crippen LogP contribution in [-0.4, -0.2) is 26.1 Å². The van der Waals surface area contributed by atoms with Gasteiger partial charge >= 0.3 is 0 Å². The number of benzene rings is 1. The van der Waals surface area contributed by atoms with Gasteiger partial charge in [0.05, 0.1) is 4.91 Å². The molecule has 2 heterocycles. The number of nitrogens with zero attached hydrogens (tertiary/aromatic N) is 2. The topological polar surface area (TPSA) is 62.3 Å². The molecule has 1 fully saturated rings. The van der Waals surface area contributed by atoms with Crippen LogP contribution in [0.3, 0.4) is 0 Å². The molecule has 2 aromatic rings. The summed E-state index contributed by atoms with van der Waals surface area (Å²) in [6.07, 6.45) is 8.38. The lowest BCUT2D eigenvalue weighted by atomic mass is 10.2. The minimum atomic E-state index is -0.417. The zero-order chi connectivity index (χ0) is 17.6. The lowest BCUT2D eigenvalue weighted by molar-refractivity contribution is -0.123. The smallest absolute Gasteiger partial charge is 0.267 e. The summed E-state index contributed by atoms with van der Waals surface area (Å²) in [6, 6.07) is 12.9. The summed E-state index contributed by atoms with van der Waals surface area (Å²) >= 11 is 6.33. The molecule has 7 heteroatoms. The van der Waals surface area contributed by atoms with Gasteiger partial charge < -0.3 is 0 Å². The van der Waals surface area contributed by atoms with E-state index in [0.717, 1.165) is 22.3 Å². The number of thiocarbonyl (C=S) groups is 1. The van der Waals surface area contributed by atoms with Crippen molar-refractivity contribution in [1.82, 2.24) is 15.4 Å². The highest BCUT2D eigenvalue weighted by molar-refractivity contribution is 8.26. The summed E-state index contributed by atoms with van der Waals surface area (Å²) in [4.78, 5) is 28.9. The van der Waals surface area contributed by atoms with Crippen molar-refractivity contribution >= 4 is 46.2 Å².